The lowest BCUT2D eigenvalue weighted by Crippen LogP contribution is -2.27. The number of hydrogen-bond donors (Lipinski definition) is 1. The highest BCUT2D eigenvalue weighted by molar-refractivity contribution is 5.79. The molecule has 0 amide bonds. The summed E-state index contributed by atoms with van der Waals surface area (Å²) in [6, 6.07) is 7.62. The number of rotatable bonds is 11. The summed E-state index contributed by atoms with van der Waals surface area (Å²) in [6.45, 7) is 3.17. The molecule has 1 aromatic rings. The predicted octanol–water partition coefficient (Wildman–Crippen LogP) is 3.93. The highest BCUT2D eigenvalue weighted by Gasteiger charge is 2.18. The lowest BCUT2D eigenvalue weighted by molar-refractivity contribution is -0.186. The van der Waals surface area contributed by atoms with Gasteiger partial charge in [-0.3, -0.25) is 0 Å². The fraction of sp³-hybridized carbons (Fsp3) is 0.571. The smallest absolute Gasteiger partial charge is 0.328 e. The molecule has 1 aromatic carbocycles. The molecule has 0 saturated carbocycles. The third-order valence-corrected chi connectivity index (χ3v) is 4.46. The maximum absolute atomic E-state index is 10.9. The molecule has 1 fully saturated rings. The largest absolute Gasteiger partial charge is 0.497 e. The Morgan fingerprint density at radius 2 is 2.07 bits per heavy atom. The Balaban J connectivity index is 1.81. The molecule has 6 nitrogen and oxygen atoms in total. The van der Waals surface area contributed by atoms with Crippen molar-refractivity contribution in [3.8, 4) is 5.75 Å². The van der Waals surface area contributed by atoms with Crippen molar-refractivity contribution in [1.29, 1.82) is 0 Å². The van der Waals surface area contributed by atoms with Crippen molar-refractivity contribution in [2.75, 3.05) is 13.7 Å². The Morgan fingerprint density at radius 3 is 2.70 bits per heavy atom. The van der Waals surface area contributed by atoms with E-state index >= 15 is 0 Å². The van der Waals surface area contributed by atoms with Crippen molar-refractivity contribution in [2.45, 2.75) is 64.1 Å². The number of benzene rings is 1. The number of carbonyl (C=O) groups is 1. The molecule has 3 atom stereocenters. The van der Waals surface area contributed by atoms with E-state index in [-0.39, 0.29) is 18.5 Å². The second-order valence-corrected chi connectivity index (χ2v) is 6.72. The summed E-state index contributed by atoms with van der Waals surface area (Å²) in [4.78, 5) is 10.9. The molecule has 0 radical (unpaired) electrons. The SMILES string of the molecule is COc1ccc(CO[C@H](/C=C/C(=O)O)CC[C@@H](C)OC2CCCCO2)cc1. The van der Waals surface area contributed by atoms with Gasteiger partial charge in [-0.25, -0.2) is 4.79 Å². The molecule has 0 aromatic heterocycles. The first-order valence-corrected chi connectivity index (χ1v) is 9.49. The Labute approximate surface area is 161 Å². The second kappa shape index (κ2) is 11.7. The van der Waals surface area contributed by atoms with Crippen LogP contribution in [0.15, 0.2) is 36.4 Å². The monoisotopic (exact) mass is 378 g/mol. The van der Waals surface area contributed by atoms with Crippen LogP contribution in [0.1, 0.15) is 44.6 Å². The topological polar surface area (TPSA) is 74.2 Å². The van der Waals surface area contributed by atoms with E-state index in [4.69, 9.17) is 24.1 Å². The zero-order chi connectivity index (χ0) is 19.5. The predicted molar refractivity (Wildman–Crippen MR) is 102 cm³/mol. The first kappa shape index (κ1) is 21.4. The Morgan fingerprint density at radius 1 is 1.30 bits per heavy atom. The molecule has 0 bridgehead atoms. The van der Waals surface area contributed by atoms with Gasteiger partial charge in [-0.2, -0.15) is 0 Å². The number of methoxy groups -OCH3 is 1. The molecule has 27 heavy (non-hydrogen) atoms. The van der Waals surface area contributed by atoms with Crippen molar-refractivity contribution in [3.63, 3.8) is 0 Å². The van der Waals surface area contributed by atoms with E-state index in [1.807, 2.05) is 31.2 Å². The Bertz CT molecular complexity index is 577. The third-order valence-electron chi connectivity index (χ3n) is 4.46. The lowest BCUT2D eigenvalue weighted by atomic mass is 10.1. The molecule has 0 aliphatic carbocycles. The van der Waals surface area contributed by atoms with Crippen LogP contribution in [0.5, 0.6) is 5.75 Å². The standard InChI is InChI=1S/C21H30O6/c1-16(27-21-5-3-4-14-25-21)6-9-19(12-13-20(22)23)26-15-17-7-10-18(24-2)11-8-17/h7-8,10-13,16,19,21H,3-6,9,14-15H2,1-2H3,(H,22,23)/b13-12+/t16-,19+,21?/m1/s1. The summed E-state index contributed by atoms with van der Waals surface area (Å²) in [6.07, 6.45) is 6.93. The summed E-state index contributed by atoms with van der Waals surface area (Å²) in [7, 11) is 1.62. The van der Waals surface area contributed by atoms with Crippen molar-refractivity contribution < 1.29 is 28.8 Å². The van der Waals surface area contributed by atoms with Crippen LogP contribution in [-0.4, -0.2) is 43.3 Å². The van der Waals surface area contributed by atoms with Crippen molar-refractivity contribution in [2.24, 2.45) is 0 Å². The summed E-state index contributed by atoms with van der Waals surface area (Å²) in [5.74, 6) is -0.190. The van der Waals surface area contributed by atoms with E-state index in [0.717, 1.165) is 49.7 Å². The van der Waals surface area contributed by atoms with Crippen molar-refractivity contribution >= 4 is 5.97 Å². The van der Waals surface area contributed by atoms with Crippen LogP contribution in [0, 0.1) is 0 Å². The van der Waals surface area contributed by atoms with Gasteiger partial charge < -0.3 is 24.1 Å². The Kier molecular flexibility index (Phi) is 9.31. The van der Waals surface area contributed by atoms with Gasteiger partial charge in [0.15, 0.2) is 6.29 Å². The van der Waals surface area contributed by atoms with Gasteiger partial charge in [0.2, 0.25) is 0 Å². The quantitative estimate of drug-likeness (QED) is 0.588. The van der Waals surface area contributed by atoms with E-state index in [1.165, 1.54) is 0 Å². The molecule has 2 rings (SSSR count). The minimum Gasteiger partial charge on any atom is -0.497 e. The van der Waals surface area contributed by atoms with E-state index in [2.05, 4.69) is 0 Å². The Hall–Kier alpha value is -1.89. The van der Waals surface area contributed by atoms with Crippen LogP contribution >= 0.6 is 0 Å². The molecule has 1 unspecified atom stereocenters. The number of carboxylic acid groups (broad SMARTS) is 1. The highest BCUT2D eigenvalue weighted by Crippen LogP contribution is 2.19. The maximum atomic E-state index is 10.9. The first-order chi connectivity index (χ1) is 13.1. The molecule has 150 valence electrons. The molecule has 1 aliphatic heterocycles. The van der Waals surface area contributed by atoms with Crippen LogP contribution < -0.4 is 4.74 Å². The first-order valence-electron chi connectivity index (χ1n) is 9.49. The molecule has 1 saturated heterocycles. The minimum atomic E-state index is -0.979. The van der Waals surface area contributed by atoms with Gasteiger partial charge in [-0.15, -0.1) is 0 Å². The van der Waals surface area contributed by atoms with Gasteiger partial charge in [-0.05, 0) is 62.8 Å². The number of aliphatic carboxylic acids is 1. The van der Waals surface area contributed by atoms with E-state index in [0.29, 0.717) is 13.0 Å². The zero-order valence-corrected chi connectivity index (χ0v) is 16.1. The van der Waals surface area contributed by atoms with Gasteiger partial charge >= 0.3 is 5.97 Å². The summed E-state index contributed by atoms with van der Waals surface area (Å²) in [5, 5.41) is 8.90. The lowest BCUT2D eigenvalue weighted by Gasteiger charge is -2.26. The molecular formula is C21H30O6. The minimum absolute atomic E-state index is 0.0263. The summed E-state index contributed by atoms with van der Waals surface area (Å²) < 4.78 is 22.6. The number of hydrogen-bond acceptors (Lipinski definition) is 5. The van der Waals surface area contributed by atoms with Gasteiger partial charge in [0.05, 0.1) is 25.9 Å². The van der Waals surface area contributed by atoms with Gasteiger partial charge in [-0.1, -0.05) is 12.1 Å². The molecule has 1 aliphatic rings. The normalized spacial score (nSPS) is 19.7. The van der Waals surface area contributed by atoms with Crippen LogP contribution in [0.3, 0.4) is 0 Å². The van der Waals surface area contributed by atoms with Crippen LogP contribution in [0.2, 0.25) is 0 Å². The third kappa shape index (κ3) is 8.56. The maximum Gasteiger partial charge on any atom is 0.328 e. The fourth-order valence-corrected chi connectivity index (χ4v) is 2.89. The average molecular weight is 378 g/mol. The van der Waals surface area contributed by atoms with Gasteiger partial charge in [0.1, 0.15) is 5.75 Å². The molecule has 6 heteroatoms. The number of carboxylic acids is 1. The highest BCUT2D eigenvalue weighted by atomic mass is 16.7. The van der Waals surface area contributed by atoms with E-state index < -0.39 is 5.97 Å². The number of ether oxygens (including phenoxy) is 4. The molecule has 1 heterocycles. The van der Waals surface area contributed by atoms with Crippen LogP contribution in [0.4, 0.5) is 0 Å². The van der Waals surface area contributed by atoms with Gasteiger partial charge in [0.25, 0.3) is 0 Å². The van der Waals surface area contributed by atoms with E-state index in [1.54, 1.807) is 13.2 Å². The van der Waals surface area contributed by atoms with Crippen molar-refractivity contribution in [1.82, 2.24) is 0 Å². The van der Waals surface area contributed by atoms with E-state index in [9.17, 15) is 4.79 Å². The second-order valence-electron chi connectivity index (χ2n) is 6.72. The summed E-state index contributed by atoms with van der Waals surface area (Å²) >= 11 is 0. The molecular weight excluding hydrogens is 348 g/mol. The van der Waals surface area contributed by atoms with Crippen LogP contribution in [0.25, 0.3) is 0 Å². The van der Waals surface area contributed by atoms with Gasteiger partial charge in [0, 0.05) is 12.7 Å². The average Bonchev–Trinajstić information content (AvgIpc) is 2.68. The molecule has 1 N–H and O–H groups in total. The zero-order valence-electron chi connectivity index (χ0n) is 16.1. The fourth-order valence-electron chi connectivity index (χ4n) is 2.89. The summed E-state index contributed by atoms with van der Waals surface area (Å²) in [5.41, 5.74) is 1.00. The molecule has 0 spiro atoms. The van der Waals surface area contributed by atoms with Crippen molar-refractivity contribution in [3.05, 3.63) is 42.0 Å². The van der Waals surface area contributed by atoms with Crippen LogP contribution in [-0.2, 0) is 25.6 Å².